The molecule has 4 aromatic carbocycles. The topological polar surface area (TPSA) is 39.4 Å². The molecular formula is C47H51N3OS. The summed E-state index contributed by atoms with van der Waals surface area (Å²) in [6.07, 6.45) is 0.318. The number of fused-ring (bicyclic) bond motifs is 6. The van der Waals surface area contributed by atoms with E-state index in [0.717, 1.165) is 77.7 Å². The number of hydrogen-bond acceptors (Lipinski definition) is 4. The zero-order chi connectivity index (χ0) is 38.9. The molecule has 0 N–H and O–H groups in total. The van der Waals surface area contributed by atoms with E-state index < -0.39 is 16.7 Å². The Morgan fingerprint density at radius 1 is 0.750 bits per heavy atom. The number of hydrogen-bond donors (Lipinski definition) is 0. The highest BCUT2D eigenvalue weighted by Crippen LogP contribution is 2.60. The maximum atomic E-state index is 9.43. The third-order valence-electron chi connectivity index (χ3n) is 11.2. The molecule has 52 heavy (non-hydrogen) atoms. The van der Waals surface area contributed by atoms with Crippen LogP contribution in [0.3, 0.4) is 0 Å². The second-order valence-corrected chi connectivity index (χ2v) is 18.9. The number of aromatic nitrogens is 2. The summed E-state index contributed by atoms with van der Waals surface area (Å²) in [4.78, 5) is 10.3. The molecule has 1 aliphatic carbocycles. The van der Waals surface area contributed by atoms with Gasteiger partial charge in [0.1, 0.15) is 17.1 Å². The van der Waals surface area contributed by atoms with E-state index in [4.69, 9.17) is 14.7 Å². The standard InChI is InChI=1S/C47H51N3OS/c1-27-15-35(50-41-14-13-33(44(5,6)7)23-38(41)39-17-28(2)26-48-42(39)50)24-36(16-27)51-37-21-31(20-34(22-37)45(8,9)10)43-49-46(11)25-32-18-29(3)30(4)19-40(32)47(46,12)52-43/h13-24,26H,25H2,1-12H3/t46-,47+/m1/s1/i25D2. The summed E-state index contributed by atoms with van der Waals surface area (Å²) in [7, 11) is 0. The molecule has 2 atom stereocenters. The Labute approximate surface area is 316 Å². The molecule has 0 spiro atoms. The number of thioether (sulfide) groups is 1. The highest BCUT2D eigenvalue weighted by atomic mass is 32.2. The van der Waals surface area contributed by atoms with E-state index in [9.17, 15) is 2.74 Å². The van der Waals surface area contributed by atoms with Gasteiger partial charge >= 0.3 is 0 Å². The minimum absolute atomic E-state index is 0.0234. The molecule has 0 bridgehead atoms. The van der Waals surface area contributed by atoms with Crippen molar-refractivity contribution >= 4 is 38.7 Å². The molecule has 0 radical (unpaired) electrons. The van der Waals surface area contributed by atoms with Crippen LogP contribution in [0.25, 0.3) is 27.6 Å². The van der Waals surface area contributed by atoms with Gasteiger partial charge in [-0.15, -0.1) is 0 Å². The van der Waals surface area contributed by atoms with E-state index in [1.807, 2.05) is 19.2 Å². The van der Waals surface area contributed by atoms with Crippen LogP contribution in [-0.4, -0.2) is 20.1 Å². The number of nitrogens with zero attached hydrogens (tertiary/aromatic N) is 3. The van der Waals surface area contributed by atoms with Gasteiger partial charge in [-0.1, -0.05) is 71.5 Å². The van der Waals surface area contributed by atoms with Crippen molar-refractivity contribution in [1.82, 2.24) is 9.55 Å². The average molecular weight is 708 g/mol. The van der Waals surface area contributed by atoms with Gasteiger partial charge in [0.05, 0.1) is 26.5 Å². The first-order valence-electron chi connectivity index (χ1n) is 19.4. The van der Waals surface area contributed by atoms with Crippen molar-refractivity contribution in [3.63, 3.8) is 0 Å². The van der Waals surface area contributed by atoms with Gasteiger partial charge in [0.25, 0.3) is 0 Å². The summed E-state index contributed by atoms with van der Waals surface area (Å²) < 4.78 is 27.4. The summed E-state index contributed by atoms with van der Waals surface area (Å²) in [6, 6.07) is 26.1. The first-order chi connectivity index (χ1) is 25.1. The second kappa shape index (κ2) is 11.6. The van der Waals surface area contributed by atoms with E-state index >= 15 is 0 Å². The summed E-state index contributed by atoms with van der Waals surface area (Å²) in [5.41, 5.74) is 11.6. The fourth-order valence-electron chi connectivity index (χ4n) is 7.78. The lowest BCUT2D eigenvalue weighted by atomic mass is 9.86. The van der Waals surface area contributed by atoms with Gasteiger partial charge in [-0.05, 0) is 152 Å². The van der Waals surface area contributed by atoms with Gasteiger partial charge in [-0.2, -0.15) is 0 Å². The molecule has 3 heterocycles. The molecule has 266 valence electrons. The molecule has 6 aromatic rings. The first-order valence-corrected chi connectivity index (χ1v) is 19.2. The molecule has 0 amide bonds. The monoisotopic (exact) mass is 707 g/mol. The van der Waals surface area contributed by atoms with E-state index in [0.29, 0.717) is 0 Å². The quantitative estimate of drug-likeness (QED) is 0.183. The van der Waals surface area contributed by atoms with Gasteiger partial charge in [0.15, 0.2) is 0 Å². The Morgan fingerprint density at radius 3 is 2.19 bits per heavy atom. The van der Waals surface area contributed by atoms with Crippen LogP contribution in [0.15, 0.2) is 84.0 Å². The molecule has 0 unspecified atom stereocenters. The number of aliphatic imine (C=N–C) groups is 1. The van der Waals surface area contributed by atoms with Crippen LogP contribution in [0.5, 0.6) is 11.5 Å². The minimum Gasteiger partial charge on any atom is -0.457 e. The van der Waals surface area contributed by atoms with Crippen LogP contribution in [0.1, 0.15) is 108 Å². The van der Waals surface area contributed by atoms with Crippen LogP contribution in [0.4, 0.5) is 0 Å². The third kappa shape index (κ3) is 5.59. The number of ether oxygens (including phenoxy) is 1. The molecule has 1 aliphatic heterocycles. The molecule has 4 nitrogen and oxygen atoms in total. The highest BCUT2D eigenvalue weighted by molar-refractivity contribution is 8.15. The molecule has 5 heteroatoms. The van der Waals surface area contributed by atoms with Gasteiger partial charge in [-0.3, -0.25) is 9.56 Å². The Balaban J connectivity index is 1.23. The van der Waals surface area contributed by atoms with Crippen molar-refractivity contribution in [3.05, 3.63) is 129 Å². The lowest BCUT2D eigenvalue weighted by molar-refractivity contribution is 0.407. The predicted molar refractivity (Wildman–Crippen MR) is 221 cm³/mol. The summed E-state index contributed by atoms with van der Waals surface area (Å²) >= 11 is 1.68. The Morgan fingerprint density at radius 2 is 1.46 bits per heavy atom. The number of pyridine rings is 1. The Bertz CT molecular complexity index is 2590. The molecule has 0 saturated carbocycles. The van der Waals surface area contributed by atoms with Crippen LogP contribution >= 0.6 is 11.8 Å². The normalized spacial score (nSPS) is 21.6. The first kappa shape index (κ1) is 32.3. The third-order valence-corrected chi connectivity index (χ3v) is 12.8. The lowest BCUT2D eigenvalue weighted by Gasteiger charge is -2.32. The number of rotatable bonds is 4. The largest absolute Gasteiger partial charge is 0.457 e. The van der Waals surface area contributed by atoms with E-state index in [2.05, 4.69) is 147 Å². The minimum atomic E-state index is -1.63. The molecule has 2 aliphatic rings. The Hall–Kier alpha value is -4.35. The van der Waals surface area contributed by atoms with Gasteiger partial charge in [-0.25, -0.2) is 4.98 Å². The summed E-state index contributed by atoms with van der Waals surface area (Å²) in [6.45, 7) is 25.9. The molecule has 2 aromatic heterocycles. The van der Waals surface area contributed by atoms with Crippen molar-refractivity contribution in [2.24, 2.45) is 4.99 Å². The second-order valence-electron chi connectivity index (χ2n) is 17.5. The lowest BCUT2D eigenvalue weighted by Crippen LogP contribution is -2.36. The maximum Gasteiger partial charge on any atom is 0.145 e. The van der Waals surface area contributed by atoms with Crippen molar-refractivity contribution in [1.29, 1.82) is 0 Å². The van der Waals surface area contributed by atoms with Gasteiger partial charge in [0, 0.05) is 31.3 Å². The van der Waals surface area contributed by atoms with E-state index in [-0.39, 0.29) is 10.8 Å². The van der Waals surface area contributed by atoms with E-state index in [1.165, 1.54) is 16.5 Å². The van der Waals surface area contributed by atoms with Crippen molar-refractivity contribution in [2.45, 2.75) is 111 Å². The van der Waals surface area contributed by atoms with Gasteiger partial charge < -0.3 is 4.74 Å². The van der Waals surface area contributed by atoms with Gasteiger partial charge in [0.2, 0.25) is 0 Å². The number of benzene rings is 4. The molecule has 0 fully saturated rings. The smallest absolute Gasteiger partial charge is 0.145 e. The van der Waals surface area contributed by atoms with Crippen molar-refractivity contribution < 1.29 is 7.48 Å². The maximum absolute atomic E-state index is 9.43. The average Bonchev–Trinajstić information content (AvgIpc) is 3.59. The van der Waals surface area contributed by atoms with Crippen LogP contribution in [0, 0.1) is 27.7 Å². The fraction of sp³-hybridized carbons (Fsp3) is 0.362. The van der Waals surface area contributed by atoms with Crippen molar-refractivity contribution in [3.8, 4) is 17.2 Å². The Kier molecular flexibility index (Phi) is 7.19. The molecular weight excluding hydrogens is 655 g/mol. The highest BCUT2D eigenvalue weighted by Gasteiger charge is 2.57. The van der Waals surface area contributed by atoms with Crippen LogP contribution in [-0.2, 0) is 21.9 Å². The zero-order valence-corrected chi connectivity index (χ0v) is 33.5. The molecule has 8 rings (SSSR count). The zero-order valence-electron chi connectivity index (χ0n) is 34.7. The summed E-state index contributed by atoms with van der Waals surface area (Å²) in [5.74, 6) is 1.47. The van der Waals surface area contributed by atoms with E-state index in [1.54, 1.807) is 11.8 Å². The predicted octanol–water partition coefficient (Wildman–Crippen LogP) is 12.5. The van der Waals surface area contributed by atoms with Crippen LogP contribution in [0.2, 0.25) is 0 Å². The fourth-order valence-corrected chi connectivity index (χ4v) is 9.21. The van der Waals surface area contributed by atoms with Crippen molar-refractivity contribution in [2.75, 3.05) is 0 Å². The van der Waals surface area contributed by atoms with Crippen LogP contribution < -0.4 is 4.74 Å². The molecule has 0 saturated heterocycles. The summed E-state index contributed by atoms with van der Waals surface area (Å²) in [5, 5.41) is 3.18. The SMILES string of the molecule is [2H]C1([2H])c2cc(C)c(C)cc2[C@]2(C)SC(c3cc(Oc4cc(C)cc(-n5c6ccc(C(C)(C)C)cc6c6cc(C)cnc65)c4)cc(C(C)(C)C)c3)=N[C@]12C. The number of aryl methyl sites for hydroxylation is 4.